The maximum absolute atomic E-state index is 12.7. The number of hydrogen-bond acceptors (Lipinski definition) is 4. The van der Waals surface area contributed by atoms with Crippen LogP contribution in [0.15, 0.2) is 24.3 Å². The number of halogens is 2. The predicted molar refractivity (Wildman–Crippen MR) is 114 cm³/mol. The largest absolute Gasteiger partial charge is 0.435 e. The fourth-order valence-corrected chi connectivity index (χ4v) is 4.56. The molecule has 0 aliphatic carbocycles. The molecule has 0 saturated carbocycles. The number of ether oxygens (including phenoxy) is 1. The summed E-state index contributed by atoms with van der Waals surface area (Å²) >= 11 is 0. The number of likely N-dealkylation sites (tertiary alicyclic amines) is 1. The first kappa shape index (κ1) is 23.4. The Balaban J connectivity index is 1.38. The minimum atomic E-state index is -2.84. The number of carbonyl (C=O) groups excluding carboxylic acids is 2. The summed E-state index contributed by atoms with van der Waals surface area (Å²) in [5.41, 5.74) is 0.907. The van der Waals surface area contributed by atoms with Crippen LogP contribution < -0.4 is 4.74 Å². The third-order valence-electron chi connectivity index (χ3n) is 6.08. The molecular weight excluding hydrogens is 404 g/mol. The van der Waals surface area contributed by atoms with Gasteiger partial charge in [0.15, 0.2) is 0 Å². The van der Waals surface area contributed by atoms with E-state index in [1.165, 1.54) is 18.6 Å². The van der Waals surface area contributed by atoms with Crippen LogP contribution in [0, 0.1) is 11.8 Å². The summed E-state index contributed by atoms with van der Waals surface area (Å²) in [5, 5.41) is 0. The number of benzene rings is 1. The Labute approximate surface area is 183 Å². The Kier molecular flexibility index (Phi) is 8.23. The number of nitrogens with zero attached hydrogens (tertiary/aromatic N) is 3. The molecule has 0 spiro atoms. The highest BCUT2D eigenvalue weighted by molar-refractivity contribution is 5.79. The molecule has 2 fully saturated rings. The van der Waals surface area contributed by atoms with Crippen molar-refractivity contribution in [3.8, 4) is 5.75 Å². The van der Waals surface area contributed by atoms with Crippen LogP contribution in [-0.2, 0) is 16.0 Å². The van der Waals surface area contributed by atoms with Crippen molar-refractivity contribution < 1.29 is 23.1 Å². The highest BCUT2D eigenvalue weighted by atomic mass is 19.3. The third kappa shape index (κ3) is 7.16. The van der Waals surface area contributed by atoms with Crippen LogP contribution in [0.25, 0.3) is 0 Å². The number of alkyl halides is 2. The molecule has 2 saturated heterocycles. The Morgan fingerprint density at radius 2 is 1.58 bits per heavy atom. The minimum Gasteiger partial charge on any atom is -0.435 e. The number of piperidine rings is 1. The van der Waals surface area contributed by atoms with Crippen molar-refractivity contribution in [1.29, 1.82) is 0 Å². The van der Waals surface area contributed by atoms with Crippen molar-refractivity contribution in [1.82, 2.24) is 14.7 Å². The molecule has 172 valence electrons. The van der Waals surface area contributed by atoms with E-state index in [9.17, 15) is 18.4 Å². The Hall–Kier alpha value is -2.22. The first-order chi connectivity index (χ1) is 14.8. The molecule has 2 atom stereocenters. The fourth-order valence-electron chi connectivity index (χ4n) is 4.56. The molecule has 2 unspecified atom stereocenters. The lowest BCUT2D eigenvalue weighted by atomic mass is 9.92. The quantitative estimate of drug-likeness (QED) is 0.658. The van der Waals surface area contributed by atoms with Crippen LogP contribution in [0.3, 0.4) is 0 Å². The summed E-state index contributed by atoms with van der Waals surface area (Å²) < 4.78 is 28.8. The third-order valence-corrected chi connectivity index (χ3v) is 6.08. The van der Waals surface area contributed by atoms with Gasteiger partial charge in [-0.3, -0.25) is 14.5 Å². The van der Waals surface area contributed by atoms with Crippen molar-refractivity contribution >= 4 is 11.8 Å². The summed E-state index contributed by atoms with van der Waals surface area (Å²) in [5.74, 6) is 1.49. The van der Waals surface area contributed by atoms with Gasteiger partial charge >= 0.3 is 6.61 Å². The average Bonchev–Trinajstić information content (AvgIpc) is 2.72. The van der Waals surface area contributed by atoms with Gasteiger partial charge in [-0.2, -0.15) is 8.78 Å². The maximum Gasteiger partial charge on any atom is 0.387 e. The lowest BCUT2D eigenvalue weighted by Crippen LogP contribution is -2.53. The first-order valence-corrected chi connectivity index (χ1v) is 11.1. The van der Waals surface area contributed by atoms with Crippen LogP contribution in [0.1, 0.15) is 32.3 Å². The standard InChI is InChI=1S/C23H33F2N3O3/c1-17-13-18(2)15-28(14-17)22(30)16-26-9-11-27(12-10-26)21(29)8-5-19-3-6-20(7-4-19)31-23(24)25/h3-4,6-7,17-18,23H,5,8-16H2,1-2H3. The van der Waals surface area contributed by atoms with E-state index in [0.29, 0.717) is 57.4 Å². The van der Waals surface area contributed by atoms with Crippen LogP contribution in [0.4, 0.5) is 8.78 Å². The van der Waals surface area contributed by atoms with Crippen LogP contribution in [0.2, 0.25) is 0 Å². The summed E-state index contributed by atoms with van der Waals surface area (Å²) in [6, 6.07) is 6.39. The molecule has 0 radical (unpaired) electrons. The molecule has 8 heteroatoms. The van der Waals surface area contributed by atoms with Gasteiger partial charge in [-0.15, -0.1) is 0 Å². The highest BCUT2D eigenvalue weighted by Gasteiger charge is 2.28. The van der Waals surface area contributed by atoms with Gasteiger partial charge in [0, 0.05) is 45.7 Å². The van der Waals surface area contributed by atoms with Crippen molar-refractivity contribution in [3.63, 3.8) is 0 Å². The predicted octanol–water partition coefficient (Wildman–Crippen LogP) is 2.87. The van der Waals surface area contributed by atoms with Crippen LogP contribution in [0.5, 0.6) is 5.75 Å². The van der Waals surface area contributed by atoms with Crippen molar-refractivity contribution in [2.24, 2.45) is 11.8 Å². The fraction of sp³-hybridized carbons (Fsp3) is 0.652. The number of hydrogen-bond donors (Lipinski definition) is 0. The summed E-state index contributed by atoms with van der Waals surface area (Å²) in [6.07, 6.45) is 2.10. The van der Waals surface area contributed by atoms with Crippen molar-refractivity contribution in [2.45, 2.75) is 39.7 Å². The Bertz CT molecular complexity index is 726. The number of rotatable bonds is 7. The van der Waals surface area contributed by atoms with Gasteiger partial charge in [-0.05, 0) is 42.4 Å². The van der Waals surface area contributed by atoms with Gasteiger partial charge < -0.3 is 14.5 Å². The number of piperazine rings is 1. The summed E-state index contributed by atoms with van der Waals surface area (Å²) in [7, 11) is 0. The average molecular weight is 438 g/mol. The lowest BCUT2D eigenvalue weighted by Gasteiger charge is -2.38. The van der Waals surface area contributed by atoms with Gasteiger partial charge in [0.05, 0.1) is 6.54 Å². The van der Waals surface area contributed by atoms with E-state index in [-0.39, 0.29) is 17.6 Å². The van der Waals surface area contributed by atoms with E-state index in [1.807, 2.05) is 9.80 Å². The van der Waals surface area contributed by atoms with Gasteiger partial charge in [0.25, 0.3) is 0 Å². The van der Waals surface area contributed by atoms with E-state index < -0.39 is 6.61 Å². The van der Waals surface area contributed by atoms with E-state index in [1.54, 1.807) is 12.1 Å². The lowest BCUT2D eigenvalue weighted by molar-refractivity contribution is -0.136. The SMILES string of the molecule is CC1CC(C)CN(C(=O)CN2CCN(C(=O)CCc3ccc(OC(F)F)cc3)CC2)C1. The first-order valence-electron chi connectivity index (χ1n) is 11.1. The molecule has 2 aliphatic heterocycles. The monoisotopic (exact) mass is 437 g/mol. The molecule has 1 aromatic rings. The number of aryl methyl sites for hydroxylation is 1. The highest BCUT2D eigenvalue weighted by Crippen LogP contribution is 2.21. The zero-order valence-electron chi connectivity index (χ0n) is 18.4. The second-order valence-corrected chi connectivity index (χ2v) is 8.92. The number of amides is 2. The van der Waals surface area contributed by atoms with Gasteiger partial charge in [0.2, 0.25) is 11.8 Å². The molecule has 0 N–H and O–H groups in total. The van der Waals surface area contributed by atoms with E-state index in [2.05, 4.69) is 23.5 Å². The molecule has 2 amide bonds. The molecule has 0 aromatic heterocycles. The molecule has 0 bridgehead atoms. The van der Waals surface area contributed by atoms with Gasteiger partial charge in [-0.25, -0.2) is 0 Å². The molecule has 2 heterocycles. The van der Waals surface area contributed by atoms with E-state index in [0.717, 1.165) is 18.7 Å². The maximum atomic E-state index is 12.7. The summed E-state index contributed by atoms with van der Waals surface area (Å²) in [4.78, 5) is 31.2. The second kappa shape index (κ2) is 10.9. The van der Waals surface area contributed by atoms with E-state index in [4.69, 9.17) is 0 Å². The molecule has 2 aliphatic rings. The topological polar surface area (TPSA) is 53.1 Å². The van der Waals surface area contributed by atoms with E-state index >= 15 is 0 Å². The van der Waals surface area contributed by atoms with Gasteiger partial charge in [-0.1, -0.05) is 26.0 Å². The molecular formula is C23H33F2N3O3. The Morgan fingerprint density at radius 3 is 2.16 bits per heavy atom. The van der Waals surface area contributed by atoms with Crippen LogP contribution >= 0.6 is 0 Å². The summed E-state index contributed by atoms with van der Waals surface area (Å²) in [6.45, 7) is 6.33. The molecule has 6 nitrogen and oxygen atoms in total. The number of carbonyl (C=O) groups is 2. The molecule has 31 heavy (non-hydrogen) atoms. The molecule has 3 rings (SSSR count). The zero-order valence-corrected chi connectivity index (χ0v) is 18.4. The van der Waals surface area contributed by atoms with Crippen LogP contribution in [-0.4, -0.2) is 78.9 Å². The normalized spacial score (nSPS) is 22.6. The van der Waals surface area contributed by atoms with Crippen molar-refractivity contribution in [3.05, 3.63) is 29.8 Å². The smallest absolute Gasteiger partial charge is 0.387 e. The van der Waals surface area contributed by atoms with Crippen molar-refractivity contribution in [2.75, 3.05) is 45.8 Å². The zero-order chi connectivity index (χ0) is 22.4. The Morgan fingerprint density at radius 1 is 0.968 bits per heavy atom. The second-order valence-electron chi connectivity index (χ2n) is 8.92. The van der Waals surface area contributed by atoms with Gasteiger partial charge in [0.1, 0.15) is 5.75 Å². The molecule has 1 aromatic carbocycles. The minimum absolute atomic E-state index is 0.0811.